The van der Waals surface area contributed by atoms with Gasteiger partial charge in [-0.15, -0.1) is 0 Å². The molecular formula is C9H21N3O2. The Bertz CT molecular complexity index is 192. The largest absolute Gasteiger partial charge is 0.409 e. The minimum atomic E-state index is -0.307. The molecule has 0 unspecified atom stereocenters. The summed E-state index contributed by atoms with van der Waals surface area (Å²) < 4.78 is 0. The third-order valence-corrected chi connectivity index (χ3v) is 2.40. The van der Waals surface area contributed by atoms with Crippen LogP contribution in [0.3, 0.4) is 0 Å². The van der Waals surface area contributed by atoms with E-state index in [1.165, 1.54) is 0 Å². The lowest BCUT2D eigenvalue weighted by molar-refractivity contribution is 0.209. The Morgan fingerprint density at radius 3 is 2.43 bits per heavy atom. The number of nitrogens with two attached hydrogens (primary N) is 1. The minimum Gasteiger partial charge on any atom is -0.409 e. The van der Waals surface area contributed by atoms with Crippen molar-refractivity contribution in [3.8, 4) is 0 Å². The molecule has 0 heterocycles. The maximum atomic E-state index is 8.69. The number of rotatable bonds is 6. The fraction of sp³-hybridized carbons (Fsp3) is 0.889. The second-order valence-electron chi connectivity index (χ2n) is 4.15. The highest BCUT2D eigenvalue weighted by Gasteiger charge is 2.23. The van der Waals surface area contributed by atoms with E-state index in [9.17, 15) is 0 Å². The zero-order valence-corrected chi connectivity index (χ0v) is 9.19. The Kier molecular flexibility index (Phi) is 5.49. The molecule has 0 aromatic carbocycles. The van der Waals surface area contributed by atoms with Gasteiger partial charge in [0.1, 0.15) is 5.84 Å². The number of aliphatic hydroxyl groups excluding tert-OH is 1. The Balaban J connectivity index is 3.99. The van der Waals surface area contributed by atoms with E-state index < -0.39 is 0 Å². The molecule has 0 atom stereocenters. The monoisotopic (exact) mass is 203 g/mol. The van der Waals surface area contributed by atoms with Gasteiger partial charge in [-0.2, -0.15) is 0 Å². The van der Waals surface area contributed by atoms with Crippen LogP contribution in [-0.2, 0) is 0 Å². The molecule has 0 saturated carbocycles. The van der Waals surface area contributed by atoms with E-state index in [2.05, 4.69) is 5.16 Å². The van der Waals surface area contributed by atoms with Gasteiger partial charge in [-0.05, 0) is 20.0 Å². The van der Waals surface area contributed by atoms with Gasteiger partial charge in [-0.25, -0.2) is 0 Å². The zero-order chi connectivity index (χ0) is 11.2. The second-order valence-corrected chi connectivity index (χ2v) is 4.15. The molecule has 0 aromatic heterocycles. The molecule has 5 heteroatoms. The van der Waals surface area contributed by atoms with E-state index in [1.54, 1.807) is 0 Å². The highest BCUT2D eigenvalue weighted by atomic mass is 16.4. The average molecular weight is 203 g/mol. The molecule has 0 aliphatic rings. The van der Waals surface area contributed by atoms with Crippen molar-refractivity contribution in [3.05, 3.63) is 0 Å². The van der Waals surface area contributed by atoms with Crippen LogP contribution in [0.5, 0.6) is 0 Å². The summed E-state index contributed by atoms with van der Waals surface area (Å²) in [6.45, 7) is 5.46. The van der Waals surface area contributed by atoms with Gasteiger partial charge < -0.3 is 20.9 Å². The molecule has 0 rings (SSSR count). The van der Waals surface area contributed by atoms with Gasteiger partial charge in [0.2, 0.25) is 0 Å². The lowest BCUT2D eigenvalue weighted by Gasteiger charge is -2.25. The Morgan fingerprint density at radius 1 is 1.43 bits per heavy atom. The topological polar surface area (TPSA) is 82.1 Å². The summed E-state index contributed by atoms with van der Waals surface area (Å²) >= 11 is 0. The first-order valence-corrected chi connectivity index (χ1v) is 4.71. The maximum Gasteiger partial charge on any atom is 0.144 e. The molecule has 5 nitrogen and oxygen atoms in total. The minimum absolute atomic E-state index is 0.153. The quantitative estimate of drug-likeness (QED) is 0.247. The van der Waals surface area contributed by atoms with Gasteiger partial charge in [0.05, 0.1) is 6.61 Å². The van der Waals surface area contributed by atoms with Crippen LogP contribution < -0.4 is 5.73 Å². The number of amidine groups is 1. The van der Waals surface area contributed by atoms with E-state index in [1.807, 2.05) is 25.8 Å². The third kappa shape index (κ3) is 4.43. The van der Waals surface area contributed by atoms with Crippen LogP contribution in [0.1, 0.15) is 20.3 Å². The summed E-state index contributed by atoms with van der Waals surface area (Å²) in [5, 5.41) is 20.3. The van der Waals surface area contributed by atoms with Crippen LogP contribution in [0.15, 0.2) is 5.16 Å². The van der Waals surface area contributed by atoms with Gasteiger partial charge >= 0.3 is 0 Å². The van der Waals surface area contributed by atoms with Crippen molar-refractivity contribution in [1.29, 1.82) is 0 Å². The van der Waals surface area contributed by atoms with E-state index in [0.717, 1.165) is 13.0 Å². The SMILES string of the molecule is CN(CCO)CCC(C)(C)C(N)=NO. The predicted molar refractivity (Wildman–Crippen MR) is 56.4 cm³/mol. The Morgan fingerprint density at radius 2 is 2.00 bits per heavy atom. The summed E-state index contributed by atoms with van der Waals surface area (Å²) in [7, 11) is 1.93. The van der Waals surface area contributed by atoms with Crippen molar-refractivity contribution >= 4 is 5.84 Å². The number of likely N-dealkylation sites (N-methyl/N-ethyl adjacent to an activating group) is 1. The second kappa shape index (κ2) is 5.82. The van der Waals surface area contributed by atoms with Gasteiger partial charge in [-0.1, -0.05) is 19.0 Å². The van der Waals surface area contributed by atoms with Crippen LogP contribution in [-0.4, -0.2) is 47.8 Å². The first kappa shape index (κ1) is 13.2. The van der Waals surface area contributed by atoms with Crippen molar-refractivity contribution in [2.45, 2.75) is 20.3 Å². The lowest BCUT2D eigenvalue weighted by atomic mass is 9.88. The van der Waals surface area contributed by atoms with Crippen LogP contribution >= 0.6 is 0 Å². The molecule has 0 bridgehead atoms. The van der Waals surface area contributed by atoms with Gasteiger partial charge in [0, 0.05) is 12.0 Å². The highest BCUT2D eigenvalue weighted by molar-refractivity contribution is 5.85. The molecule has 0 saturated heterocycles. The Hall–Kier alpha value is -0.810. The van der Waals surface area contributed by atoms with E-state index >= 15 is 0 Å². The van der Waals surface area contributed by atoms with Crippen molar-refractivity contribution in [1.82, 2.24) is 4.90 Å². The lowest BCUT2D eigenvalue weighted by Crippen LogP contribution is -2.36. The Labute approximate surface area is 85.2 Å². The fourth-order valence-corrected chi connectivity index (χ4v) is 1.02. The number of oxime groups is 1. The standard InChI is InChI=1S/C9H21N3O2/c1-9(2,8(10)11-14)4-5-12(3)6-7-13/h13-14H,4-7H2,1-3H3,(H2,10,11). The molecule has 0 aromatic rings. The van der Waals surface area contributed by atoms with Crippen molar-refractivity contribution in [3.63, 3.8) is 0 Å². The van der Waals surface area contributed by atoms with E-state index in [4.69, 9.17) is 16.0 Å². The molecule has 84 valence electrons. The molecular weight excluding hydrogens is 182 g/mol. The first-order valence-electron chi connectivity index (χ1n) is 4.71. The number of hydrogen-bond acceptors (Lipinski definition) is 4. The zero-order valence-electron chi connectivity index (χ0n) is 9.19. The van der Waals surface area contributed by atoms with Gasteiger partial charge in [0.15, 0.2) is 0 Å². The summed E-state index contributed by atoms with van der Waals surface area (Å²) in [6, 6.07) is 0. The molecule has 0 radical (unpaired) electrons. The number of aliphatic hydroxyl groups is 1. The van der Waals surface area contributed by atoms with Crippen molar-refractivity contribution < 1.29 is 10.3 Å². The van der Waals surface area contributed by atoms with Gasteiger partial charge in [0.25, 0.3) is 0 Å². The van der Waals surface area contributed by atoms with Crippen molar-refractivity contribution in [2.75, 3.05) is 26.7 Å². The summed E-state index contributed by atoms with van der Waals surface area (Å²) in [6.07, 6.45) is 0.791. The maximum absolute atomic E-state index is 8.69. The molecule has 0 fully saturated rings. The summed E-state index contributed by atoms with van der Waals surface area (Å²) in [4.78, 5) is 2.01. The van der Waals surface area contributed by atoms with Crippen LogP contribution in [0.4, 0.5) is 0 Å². The molecule has 0 aliphatic carbocycles. The third-order valence-electron chi connectivity index (χ3n) is 2.40. The molecule has 0 amide bonds. The molecule has 0 aliphatic heterocycles. The fourth-order valence-electron chi connectivity index (χ4n) is 1.02. The normalized spacial score (nSPS) is 13.6. The summed E-state index contributed by atoms with van der Waals surface area (Å²) in [5.41, 5.74) is 5.24. The summed E-state index contributed by atoms with van der Waals surface area (Å²) in [5.74, 6) is 0.245. The van der Waals surface area contributed by atoms with E-state index in [0.29, 0.717) is 6.54 Å². The van der Waals surface area contributed by atoms with Crippen LogP contribution in [0.2, 0.25) is 0 Å². The average Bonchev–Trinajstić information content (AvgIpc) is 2.14. The van der Waals surface area contributed by atoms with Crippen molar-refractivity contribution in [2.24, 2.45) is 16.3 Å². The van der Waals surface area contributed by atoms with Crippen LogP contribution in [0, 0.1) is 5.41 Å². The predicted octanol–water partition coefficient (Wildman–Crippen LogP) is 0.0732. The first-order chi connectivity index (χ1) is 6.44. The van der Waals surface area contributed by atoms with E-state index in [-0.39, 0.29) is 17.9 Å². The van der Waals surface area contributed by atoms with Crippen LogP contribution in [0.25, 0.3) is 0 Å². The molecule has 4 N–H and O–H groups in total. The molecule has 0 spiro atoms. The number of hydrogen-bond donors (Lipinski definition) is 3. The smallest absolute Gasteiger partial charge is 0.144 e. The van der Waals surface area contributed by atoms with Gasteiger partial charge in [-0.3, -0.25) is 0 Å². The number of nitrogens with zero attached hydrogens (tertiary/aromatic N) is 2. The molecule has 14 heavy (non-hydrogen) atoms. The highest BCUT2D eigenvalue weighted by Crippen LogP contribution is 2.20.